The van der Waals surface area contributed by atoms with Crippen LogP contribution in [0, 0.1) is 17.8 Å². The van der Waals surface area contributed by atoms with E-state index in [0.29, 0.717) is 18.4 Å². The average Bonchev–Trinajstić information content (AvgIpc) is 2.39. The molecule has 1 N–H and O–H groups in total. The van der Waals surface area contributed by atoms with Gasteiger partial charge in [0.05, 0.1) is 6.61 Å². The predicted octanol–water partition coefficient (Wildman–Crippen LogP) is 3.59. The van der Waals surface area contributed by atoms with Gasteiger partial charge in [0.2, 0.25) is 0 Å². The fourth-order valence-corrected chi connectivity index (χ4v) is 3.72. The zero-order valence-corrected chi connectivity index (χ0v) is 12.3. The van der Waals surface area contributed by atoms with Crippen molar-refractivity contribution in [2.75, 3.05) is 13.7 Å². The fourth-order valence-electron chi connectivity index (χ4n) is 3.72. The molecule has 3 atom stereocenters. The normalized spacial score (nSPS) is 30.8. The van der Waals surface area contributed by atoms with Crippen molar-refractivity contribution < 1.29 is 9.84 Å². The van der Waals surface area contributed by atoms with Crippen LogP contribution >= 0.6 is 0 Å². The van der Waals surface area contributed by atoms with Crippen LogP contribution in [0.1, 0.15) is 38.7 Å². The minimum absolute atomic E-state index is 0.286. The maximum Gasteiger partial charge on any atom is 0.116 e. The Hall–Kier alpha value is -0.860. The molecule has 0 heterocycles. The first kappa shape index (κ1) is 14.5. The SMILES string of the molecule is COCC(O)(c1ccccc1)C1CC(C)CC(C)C1. The summed E-state index contributed by atoms with van der Waals surface area (Å²) >= 11 is 0. The summed E-state index contributed by atoms with van der Waals surface area (Å²) in [5, 5.41) is 11.2. The van der Waals surface area contributed by atoms with Crippen molar-refractivity contribution in [3.63, 3.8) is 0 Å². The first-order valence-corrected chi connectivity index (χ1v) is 7.33. The number of hydrogen-bond acceptors (Lipinski definition) is 2. The van der Waals surface area contributed by atoms with Gasteiger partial charge in [0.25, 0.3) is 0 Å². The second-order valence-corrected chi connectivity index (χ2v) is 6.34. The van der Waals surface area contributed by atoms with Gasteiger partial charge in [-0.15, -0.1) is 0 Å². The Labute approximate surface area is 116 Å². The summed E-state index contributed by atoms with van der Waals surface area (Å²) in [6, 6.07) is 10.0. The summed E-state index contributed by atoms with van der Waals surface area (Å²) in [5.41, 5.74) is 0.141. The van der Waals surface area contributed by atoms with Gasteiger partial charge in [-0.1, -0.05) is 44.2 Å². The smallest absolute Gasteiger partial charge is 0.116 e. The Morgan fingerprint density at radius 2 is 1.68 bits per heavy atom. The number of rotatable bonds is 4. The van der Waals surface area contributed by atoms with E-state index in [1.807, 2.05) is 30.3 Å². The molecular weight excluding hydrogens is 236 g/mol. The number of hydrogen-bond donors (Lipinski definition) is 1. The zero-order valence-electron chi connectivity index (χ0n) is 12.3. The van der Waals surface area contributed by atoms with E-state index in [2.05, 4.69) is 13.8 Å². The molecule has 19 heavy (non-hydrogen) atoms. The van der Waals surface area contributed by atoms with Gasteiger partial charge in [0, 0.05) is 7.11 Å². The zero-order chi connectivity index (χ0) is 13.9. The molecule has 0 aliphatic heterocycles. The lowest BCUT2D eigenvalue weighted by Crippen LogP contribution is -2.43. The first-order chi connectivity index (χ1) is 9.06. The van der Waals surface area contributed by atoms with Crippen LogP contribution in [0.4, 0.5) is 0 Å². The van der Waals surface area contributed by atoms with Crippen molar-refractivity contribution >= 4 is 0 Å². The number of benzene rings is 1. The van der Waals surface area contributed by atoms with E-state index in [0.717, 1.165) is 18.4 Å². The summed E-state index contributed by atoms with van der Waals surface area (Å²) in [5.74, 6) is 1.65. The molecule has 0 radical (unpaired) electrons. The fraction of sp³-hybridized carbons (Fsp3) is 0.647. The van der Waals surface area contributed by atoms with Crippen molar-refractivity contribution in [2.24, 2.45) is 17.8 Å². The predicted molar refractivity (Wildman–Crippen MR) is 77.9 cm³/mol. The van der Waals surface area contributed by atoms with Crippen LogP contribution in [0.5, 0.6) is 0 Å². The molecule has 1 aromatic rings. The maximum atomic E-state index is 11.2. The lowest BCUT2D eigenvalue weighted by Gasteiger charge is -2.42. The lowest BCUT2D eigenvalue weighted by atomic mass is 9.67. The summed E-state index contributed by atoms with van der Waals surface area (Å²) in [4.78, 5) is 0. The molecule has 2 nitrogen and oxygen atoms in total. The van der Waals surface area contributed by atoms with Gasteiger partial charge >= 0.3 is 0 Å². The Kier molecular flexibility index (Phi) is 4.64. The summed E-state index contributed by atoms with van der Waals surface area (Å²) < 4.78 is 5.34. The van der Waals surface area contributed by atoms with E-state index in [4.69, 9.17) is 4.74 Å². The summed E-state index contributed by atoms with van der Waals surface area (Å²) in [7, 11) is 1.67. The third-order valence-electron chi connectivity index (χ3n) is 4.49. The van der Waals surface area contributed by atoms with Crippen LogP contribution in [0.2, 0.25) is 0 Å². The second kappa shape index (κ2) is 6.06. The largest absolute Gasteiger partial charge is 0.382 e. The minimum Gasteiger partial charge on any atom is -0.382 e. The van der Waals surface area contributed by atoms with Crippen LogP contribution in [0.15, 0.2) is 30.3 Å². The molecule has 1 aliphatic rings. The molecule has 2 heteroatoms. The summed E-state index contributed by atoms with van der Waals surface area (Å²) in [6.45, 7) is 4.96. The molecule has 0 bridgehead atoms. The molecule has 1 aliphatic carbocycles. The third kappa shape index (κ3) is 3.18. The highest BCUT2D eigenvalue weighted by Crippen LogP contribution is 2.43. The minimum atomic E-state index is -0.848. The second-order valence-electron chi connectivity index (χ2n) is 6.34. The van der Waals surface area contributed by atoms with Crippen LogP contribution < -0.4 is 0 Å². The van der Waals surface area contributed by atoms with E-state index >= 15 is 0 Å². The van der Waals surface area contributed by atoms with Gasteiger partial charge in [-0.3, -0.25) is 0 Å². The molecule has 1 saturated carbocycles. The highest BCUT2D eigenvalue weighted by atomic mass is 16.5. The standard InChI is InChI=1S/C17H26O2/c1-13-9-14(2)11-16(10-13)17(18,12-19-3)15-7-5-4-6-8-15/h4-8,13-14,16,18H,9-12H2,1-3H3. The molecule has 2 rings (SSSR count). The molecule has 106 valence electrons. The van der Waals surface area contributed by atoms with E-state index < -0.39 is 5.60 Å². The molecule has 0 saturated heterocycles. The van der Waals surface area contributed by atoms with Gasteiger partial charge in [-0.2, -0.15) is 0 Å². The van der Waals surface area contributed by atoms with Gasteiger partial charge in [-0.05, 0) is 42.6 Å². The number of ether oxygens (including phenoxy) is 1. The Bertz CT molecular complexity index is 380. The molecule has 1 aromatic carbocycles. The van der Waals surface area contributed by atoms with E-state index in [-0.39, 0.29) is 5.92 Å². The quantitative estimate of drug-likeness (QED) is 0.898. The molecule has 1 fully saturated rings. The highest BCUT2D eigenvalue weighted by molar-refractivity contribution is 5.24. The van der Waals surface area contributed by atoms with Crippen LogP contribution in [-0.4, -0.2) is 18.8 Å². The van der Waals surface area contributed by atoms with Crippen LogP contribution in [-0.2, 0) is 10.3 Å². The molecule has 0 aromatic heterocycles. The number of methoxy groups -OCH3 is 1. The summed E-state index contributed by atoms with van der Waals surface area (Å²) in [6.07, 6.45) is 3.44. The van der Waals surface area contributed by atoms with Crippen LogP contribution in [0.25, 0.3) is 0 Å². The van der Waals surface area contributed by atoms with Crippen molar-refractivity contribution in [3.8, 4) is 0 Å². The van der Waals surface area contributed by atoms with Crippen molar-refractivity contribution in [1.29, 1.82) is 0 Å². The van der Waals surface area contributed by atoms with Gasteiger partial charge in [0.1, 0.15) is 5.60 Å². The molecular formula is C17H26O2. The van der Waals surface area contributed by atoms with Crippen LogP contribution in [0.3, 0.4) is 0 Å². The monoisotopic (exact) mass is 262 g/mol. The van der Waals surface area contributed by atoms with E-state index in [9.17, 15) is 5.11 Å². The maximum absolute atomic E-state index is 11.2. The van der Waals surface area contributed by atoms with Crippen molar-refractivity contribution in [2.45, 2.75) is 38.7 Å². The molecule has 3 unspecified atom stereocenters. The third-order valence-corrected chi connectivity index (χ3v) is 4.49. The Balaban J connectivity index is 2.28. The topological polar surface area (TPSA) is 29.5 Å². The average molecular weight is 262 g/mol. The van der Waals surface area contributed by atoms with Crippen molar-refractivity contribution in [1.82, 2.24) is 0 Å². The van der Waals surface area contributed by atoms with E-state index in [1.165, 1.54) is 6.42 Å². The van der Waals surface area contributed by atoms with E-state index in [1.54, 1.807) is 7.11 Å². The molecule has 0 spiro atoms. The lowest BCUT2D eigenvalue weighted by molar-refractivity contribution is -0.100. The van der Waals surface area contributed by atoms with Gasteiger partial charge in [0.15, 0.2) is 0 Å². The highest BCUT2D eigenvalue weighted by Gasteiger charge is 2.41. The molecule has 0 amide bonds. The number of aliphatic hydroxyl groups is 1. The van der Waals surface area contributed by atoms with Crippen molar-refractivity contribution in [3.05, 3.63) is 35.9 Å². The Morgan fingerprint density at radius 3 is 2.21 bits per heavy atom. The van der Waals surface area contributed by atoms with Gasteiger partial charge in [-0.25, -0.2) is 0 Å². The Morgan fingerprint density at radius 1 is 1.11 bits per heavy atom. The first-order valence-electron chi connectivity index (χ1n) is 7.33. The van der Waals surface area contributed by atoms with Gasteiger partial charge < -0.3 is 9.84 Å².